The molecule has 0 aliphatic heterocycles. The Hall–Kier alpha value is -0.990. The number of imidazole rings is 1. The van der Waals surface area contributed by atoms with Crippen molar-refractivity contribution in [2.24, 2.45) is 11.8 Å². The highest BCUT2D eigenvalue weighted by Gasteiger charge is 2.24. The summed E-state index contributed by atoms with van der Waals surface area (Å²) in [5, 5.41) is 3.65. The number of nitrogens with zero attached hydrogens (tertiary/aromatic N) is 2. The molecule has 0 saturated heterocycles. The molecule has 2 unspecified atom stereocenters. The molecule has 1 N–H and O–H groups in total. The molecule has 3 heteroatoms. The predicted molar refractivity (Wildman–Crippen MR) is 76.7 cm³/mol. The van der Waals surface area contributed by atoms with Crippen LogP contribution in [0.1, 0.15) is 52.9 Å². The average molecular weight is 249 g/mol. The van der Waals surface area contributed by atoms with E-state index in [4.69, 9.17) is 0 Å². The van der Waals surface area contributed by atoms with Crippen LogP contribution in [0.3, 0.4) is 0 Å². The highest BCUT2D eigenvalue weighted by atomic mass is 15.2. The van der Waals surface area contributed by atoms with Crippen molar-refractivity contribution < 1.29 is 0 Å². The maximum absolute atomic E-state index is 4.47. The fourth-order valence-electron chi connectivity index (χ4n) is 3.21. The van der Waals surface area contributed by atoms with Crippen LogP contribution < -0.4 is 5.32 Å². The second-order valence-electron chi connectivity index (χ2n) is 6.06. The van der Waals surface area contributed by atoms with Crippen LogP contribution in [0.5, 0.6) is 0 Å². The molecule has 1 fully saturated rings. The third-order valence-corrected chi connectivity index (χ3v) is 3.98. The number of aromatic nitrogens is 2. The van der Waals surface area contributed by atoms with Gasteiger partial charge >= 0.3 is 0 Å². The first-order chi connectivity index (χ1) is 8.69. The van der Waals surface area contributed by atoms with Crippen LogP contribution in [-0.4, -0.2) is 15.6 Å². The van der Waals surface area contributed by atoms with Gasteiger partial charge in [-0.3, -0.25) is 0 Å². The Morgan fingerprint density at radius 3 is 2.67 bits per heavy atom. The van der Waals surface area contributed by atoms with E-state index in [0.717, 1.165) is 24.3 Å². The van der Waals surface area contributed by atoms with Gasteiger partial charge in [-0.05, 0) is 37.5 Å². The summed E-state index contributed by atoms with van der Waals surface area (Å²) < 4.78 is 2.26. The van der Waals surface area contributed by atoms with Gasteiger partial charge in [0.2, 0.25) is 5.95 Å². The van der Waals surface area contributed by atoms with Crippen LogP contribution >= 0.6 is 0 Å². The lowest BCUT2D eigenvalue weighted by molar-refractivity contribution is 0.279. The Morgan fingerprint density at radius 1 is 1.28 bits per heavy atom. The fraction of sp³-hybridized carbons (Fsp3) is 0.800. The van der Waals surface area contributed by atoms with E-state index in [9.17, 15) is 0 Å². The lowest BCUT2D eigenvalue weighted by Gasteiger charge is -2.32. The van der Waals surface area contributed by atoms with Gasteiger partial charge in [0, 0.05) is 25.0 Å². The molecule has 3 nitrogen and oxygen atoms in total. The summed E-state index contributed by atoms with van der Waals surface area (Å²) in [7, 11) is 0. The summed E-state index contributed by atoms with van der Waals surface area (Å²) in [6, 6.07) is 0.603. The van der Waals surface area contributed by atoms with E-state index in [0.29, 0.717) is 6.04 Å². The van der Waals surface area contributed by atoms with Gasteiger partial charge in [-0.25, -0.2) is 4.98 Å². The summed E-state index contributed by atoms with van der Waals surface area (Å²) >= 11 is 0. The van der Waals surface area contributed by atoms with Crippen molar-refractivity contribution in [2.75, 3.05) is 5.32 Å². The van der Waals surface area contributed by atoms with Crippen molar-refractivity contribution in [1.29, 1.82) is 0 Å². The van der Waals surface area contributed by atoms with Gasteiger partial charge in [-0.2, -0.15) is 0 Å². The zero-order chi connectivity index (χ0) is 13.0. The van der Waals surface area contributed by atoms with Crippen molar-refractivity contribution >= 4 is 5.95 Å². The summed E-state index contributed by atoms with van der Waals surface area (Å²) in [5.41, 5.74) is 0. The Labute approximate surface area is 111 Å². The standard InChI is InChI=1S/C15H27N3/c1-4-5-7-18-8-6-16-15(18)17-14-10-12(2)9-13(3)11-14/h6,8,12-14H,4-5,7,9-11H2,1-3H3,(H,16,17). The third-order valence-electron chi connectivity index (χ3n) is 3.98. The Bertz CT molecular complexity index is 348. The van der Waals surface area contributed by atoms with E-state index >= 15 is 0 Å². The summed E-state index contributed by atoms with van der Waals surface area (Å²) in [5.74, 6) is 2.74. The van der Waals surface area contributed by atoms with Crippen molar-refractivity contribution in [3.63, 3.8) is 0 Å². The second kappa shape index (κ2) is 6.26. The van der Waals surface area contributed by atoms with Gasteiger partial charge in [0.05, 0.1) is 0 Å². The van der Waals surface area contributed by atoms with Crippen LogP contribution in [0.25, 0.3) is 0 Å². The number of rotatable bonds is 5. The number of hydrogen-bond acceptors (Lipinski definition) is 2. The number of hydrogen-bond donors (Lipinski definition) is 1. The maximum Gasteiger partial charge on any atom is 0.202 e. The first-order valence-corrected chi connectivity index (χ1v) is 7.46. The average Bonchev–Trinajstić information content (AvgIpc) is 2.72. The second-order valence-corrected chi connectivity index (χ2v) is 6.06. The predicted octanol–water partition coefficient (Wildman–Crippen LogP) is 3.92. The number of aryl methyl sites for hydroxylation is 1. The SMILES string of the molecule is CCCCn1ccnc1NC1CC(C)CC(C)C1. The summed E-state index contributed by atoms with van der Waals surface area (Å²) in [6.45, 7) is 8.05. The first-order valence-electron chi connectivity index (χ1n) is 7.46. The Balaban J connectivity index is 1.94. The van der Waals surface area contributed by atoms with E-state index in [1.807, 2.05) is 6.20 Å². The molecule has 2 atom stereocenters. The summed E-state index contributed by atoms with van der Waals surface area (Å²) in [6.07, 6.45) is 10.4. The molecule has 1 saturated carbocycles. The minimum Gasteiger partial charge on any atom is -0.353 e. The quantitative estimate of drug-likeness (QED) is 0.857. The molecule has 102 valence electrons. The molecule has 1 heterocycles. The van der Waals surface area contributed by atoms with Crippen molar-refractivity contribution in [2.45, 2.75) is 65.5 Å². The Kier molecular flexibility index (Phi) is 4.67. The molecule has 2 rings (SSSR count). The van der Waals surface area contributed by atoms with Gasteiger partial charge in [0.15, 0.2) is 0 Å². The molecular weight excluding hydrogens is 222 g/mol. The zero-order valence-electron chi connectivity index (χ0n) is 12.0. The van der Waals surface area contributed by atoms with Crippen molar-refractivity contribution in [3.8, 4) is 0 Å². The zero-order valence-corrected chi connectivity index (χ0v) is 12.0. The van der Waals surface area contributed by atoms with E-state index in [1.165, 1.54) is 32.1 Å². The lowest BCUT2D eigenvalue weighted by Crippen LogP contribution is -2.31. The molecule has 1 aliphatic rings. The molecule has 1 aromatic rings. The normalized spacial score (nSPS) is 28.3. The molecular formula is C15H27N3. The first kappa shape index (κ1) is 13.4. The molecule has 0 aromatic carbocycles. The molecule has 18 heavy (non-hydrogen) atoms. The molecule has 0 amide bonds. The minimum absolute atomic E-state index is 0.603. The fourth-order valence-corrected chi connectivity index (χ4v) is 3.21. The van der Waals surface area contributed by atoms with Crippen LogP contribution in [0, 0.1) is 11.8 Å². The Morgan fingerprint density at radius 2 is 2.00 bits per heavy atom. The van der Waals surface area contributed by atoms with Crippen LogP contribution in [0.2, 0.25) is 0 Å². The number of nitrogens with one attached hydrogen (secondary N) is 1. The van der Waals surface area contributed by atoms with Gasteiger partial charge in [-0.15, -0.1) is 0 Å². The lowest BCUT2D eigenvalue weighted by atomic mass is 9.80. The summed E-state index contributed by atoms with van der Waals surface area (Å²) in [4.78, 5) is 4.47. The van der Waals surface area contributed by atoms with Crippen molar-refractivity contribution in [3.05, 3.63) is 12.4 Å². The van der Waals surface area contributed by atoms with E-state index < -0.39 is 0 Å². The maximum atomic E-state index is 4.47. The molecule has 0 radical (unpaired) electrons. The largest absolute Gasteiger partial charge is 0.353 e. The van der Waals surface area contributed by atoms with Crippen molar-refractivity contribution in [1.82, 2.24) is 9.55 Å². The topological polar surface area (TPSA) is 29.9 Å². The molecule has 1 aromatic heterocycles. The van der Waals surface area contributed by atoms with Crippen LogP contribution in [-0.2, 0) is 6.54 Å². The smallest absolute Gasteiger partial charge is 0.202 e. The van der Waals surface area contributed by atoms with E-state index in [1.54, 1.807) is 0 Å². The molecule has 0 bridgehead atoms. The van der Waals surface area contributed by atoms with Gasteiger partial charge < -0.3 is 9.88 Å². The molecule has 0 spiro atoms. The van der Waals surface area contributed by atoms with Gasteiger partial charge in [-0.1, -0.05) is 27.2 Å². The van der Waals surface area contributed by atoms with Crippen LogP contribution in [0.15, 0.2) is 12.4 Å². The molecule has 1 aliphatic carbocycles. The van der Waals surface area contributed by atoms with Gasteiger partial charge in [0.1, 0.15) is 0 Å². The highest BCUT2D eigenvalue weighted by molar-refractivity contribution is 5.27. The number of unbranched alkanes of at least 4 members (excludes halogenated alkanes) is 1. The van der Waals surface area contributed by atoms with Crippen LogP contribution in [0.4, 0.5) is 5.95 Å². The van der Waals surface area contributed by atoms with E-state index in [-0.39, 0.29) is 0 Å². The number of anilines is 1. The highest BCUT2D eigenvalue weighted by Crippen LogP contribution is 2.30. The monoisotopic (exact) mass is 249 g/mol. The van der Waals surface area contributed by atoms with Gasteiger partial charge in [0.25, 0.3) is 0 Å². The van der Waals surface area contributed by atoms with E-state index in [2.05, 4.69) is 41.8 Å². The third kappa shape index (κ3) is 3.50. The minimum atomic E-state index is 0.603.